The average molecular weight is 417 g/mol. The highest BCUT2D eigenvalue weighted by atomic mass is 16.4. The van der Waals surface area contributed by atoms with Gasteiger partial charge in [-0.2, -0.15) is 0 Å². The number of carbonyl (C=O) groups excluding carboxylic acids is 1. The Balaban J connectivity index is 0.000000469. The molecule has 0 saturated heterocycles. The molecule has 0 unspecified atom stereocenters. The van der Waals surface area contributed by atoms with E-state index in [9.17, 15) is 4.79 Å². The second-order valence-electron chi connectivity index (χ2n) is 8.56. The number of nitrogens with one attached hydrogen (secondary N) is 1. The number of carbonyl (C=O) groups is 3. The molecule has 0 radical (unpaired) electrons. The summed E-state index contributed by atoms with van der Waals surface area (Å²) in [5.41, 5.74) is 4.37. The smallest absolute Gasteiger partial charge is 0.414 e. The van der Waals surface area contributed by atoms with Gasteiger partial charge in [0, 0.05) is 11.6 Å². The Morgan fingerprint density at radius 2 is 1.67 bits per heavy atom. The number of fused-ring (bicyclic) bond motifs is 1. The highest BCUT2D eigenvalue weighted by Crippen LogP contribution is 2.39. The molecule has 1 aliphatic heterocycles. The van der Waals surface area contributed by atoms with Gasteiger partial charge in [-0.05, 0) is 57.7 Å². The van der Waals surface area contributed by atoms with E-state index in [2.05, 4.69) is 57.3 Å². The van der Waals surface area contributed by atoms with E-state index < -0.39 is 11.9 Å². The number of aryl methyl sites for hydroxylation is 1. The maximum Gasteiger partial charge on any atom is 0.414 e. The van der Waals surface area contributed by atoms with Gasteiger partial charge in [-0.1, -0.05) is 37.5 Å². The monoisotopic (exact) mass is 416 g/mol. The van der Waals surface area contributed by atoms with Crippen molar-refractivity contribution in [3.05, 3.63) is 35.4 Å². The molecular weight excluding hydrogens is 384 g/mol. The van der Waals surface area contributed by atoms with Gasteiger partial charge >= 0.3 is 11.9 Å². The van der Waals surface area contributed by atoms with Crippen molar-refractivity contribution in [3.63, 3.8) is 0 Å². The number of benzene rings is 1. The lowest BCUT2D eigenvalue weighted by molar-refractivity contribution is -0.159. The van der Waals surface area contributed by atoms with E-state index in [0.717, 1.165) is 5.69 Å². The van der Waals surface area contributed by atoms with E-state index in [1.807, 2.05) is 4.90 Å². The van der Waals surface area contributed by atoms with Crippen molar-refractivity contribution in [2.45, 2.75) is 71.4 Å². The fraction of sp³-hybridized carbons (Fsp3) is 0.522. The average Bonchev–Trinajstić information content (AvgIpc) is 2.66. The Bertz CT molecular complexity index is 826. The predicted molar refractivity (Wildman–Crippen MR) is 117 cm³/mol. The van der Waals surface area contributed by atoms with Crippen molar-refractivity contribution in [1.29, 1.82) is 0 Å². The van der Waals surface area contributed by atoms with E-state index in [1.54, 1.807) is 0 Å². The van der Waals surface area contributed by atoms with Crippen molar-refractivity contribution < 1.29 is 24.6 Å². The second-order valence-corrected chi connectivity index (χ2v) is 8.56. The quantitative estimate of drug-likeness (QED) is 0.650. The van der Waals surface area contributed by atoms with Crippen LogP contribution < -0.4 is 10.2 Å². The van der Waals surface area contributed by atoms with Crippen LogP contribution in [0.2, 0.25) is 0 Å². The van der Waals surface area contributed by atoms with Crippen LogP contribution in [0, 0.1) is 6.92 Å². The number of hydrogen-bond acceptors (Lipinski definition) is 4. The molecule has 2 aliphatic rings. The van der Waals surface area contributed by atoms with E-state index in [0.29, 0.717) is 12.6 Å². The minimum atomic E-state index is -1.82. The minimum Gasteiger partial charge on any atom is -0.473 e. The number of carboxylic acids is 2. The molecule has 164 valence electrons. The molecule has 1 aromatic rings. The molecule has 3 N–H and O–H groups in total. The number of carboxylic acid groups (broad SMARTS) is 2. The first-order chi connectivity index (χ1) is 14.0. The molecule has 30 heavy (non-hydrogen) atoms. The number of anilines is 1. The van der Waals surface area contributed by atoms with Crippen LogP contribution in [0.1, 0.15) is 64.0 Å². The van der Waals surface area contributed by atoms with Crippen molar-refractivity contribution in [3.8, 4) is 0 Å². The fourth-order valence-electron chi connectivity index (χ4n) is 4.22. The van der Waals surface area contributed by atoms with Gasteiger partial charge in [0.2, 0.25) is 5.91 Å². The number of nitrogens with zero attached hydrogens (tertiary/aromatic N) is 1. The zero-order valence-corrected chi connectivity index (χ0v) is 18.2. The first kappa shape index (κ1) is 23.6. The van der Waals surface area contributed by atoms with Gasteiger partial charge in [-0.3, -0.25) is 4.79 Å². The number of allylic oxidation sites excluding steroid dienone is 1. The zero-order valence-electron chi connectivity index (χ0n) is 18.2. The maximum absolute atomic E-state index is 13.1. The second kappa shape index (κ2) is 9.89. The number of rotatable bonds is 3. The van der Waals surface area contributed by atoms with Crippen molar-refractivity contribution in [1.82, 2.24) is 5.32 Å². The third-order valence-electron chi connectivity index (χ3n) is 5.54. The molecule has 7 heteroatoms. The zero-order chi connectivity index (χ0) is 22.5. The minimum absolute atomic E-state index is 0.168. The summed E-state index contributed by atoms with van der Waals surface area (Å²) in [5, 5.41) is 18.3. The van der Waals surface area contributed by atoms with Gasteiger partial charge in [0.1, 0.15) is 0 Å². The topological polar surface area (TPSA) is 107 Å². The molecule has 0 atom stereocenters. The predicted octanol–water partition coefficient (Wildman–Crippen LogP) is 3.60. The van der Waals surface area contributed by atoms with Crippen molar-refractivity contribution >= 4 is 29.1 Å². The first-order valence-corrected chi connectivity index (χ1v) is 10.4. The Labute approximate surface area is 177 Å². The van der Waals surface area contributed by atoms with Crippen molar-refractivity contribution in [2.75, 3.05) is 11.4 Å². The molecule has 1 amide bonds. The Morgan fingerprint density at radius 1 is 1.07 bits per heavy atom. The number of hydrogen-bond donors (Lipinski definition) is 3. The Hall–Kier alpha value is -2.67. The summed E-state index contributed by atoms with van der Waals surface area (Å²) in [7, 11) is 0. The fourth-order valence-corrected chi connectivity index (χ4v) is 4.22. The van der Waals surface area contributed by atoms with Gasteiger partial charge in [0.05, 0.1) is 17.8 Å². The summed E-state index contributed by atoms with van der Waals surface area (Å²) in [5.74, 6) is -3.48. The SMILES string of the molecule is CC1=CC(C)(C)N(C(=O)CNC2CCCCC2)c2cc(C)ccc21.O=C(O)C(=O)O. The van der Waals surface area contributed by atoms with Crippen LogP contribution in [-0.4, -0.2) is 46.2 Å². The van der Waals surface area contributed by atoms with E-state index >= 15 is 0 Å². The summed E-state index contributed by atoms with van der Waals surface area (Å²) < 4.78 is 0. The normalized spacial score (nSPS) is 17.9. The molecule has 1 saturated carbocycles. The van der Waals surface area contributed by atoms with Crippen LogP contribution >= 0.6 is 0 Å². The molecule has 3 rings (SSSR count). The molecule has 0 aromatic heterocycles. The molecule has 1 heterocycles. The van der Waals surface area contributed by atoms with Crippen LogP contribution in [0.25, 0.3) is 5.57 Å². The summed E-state index contributed by atoms with van der Waals surface area (Å²) in [6.07, 6.45) is 8.51. The van der Waals surface area contributed by atoms with E-state index in [-0.39, 0.29) is 11.4 Å². The summed E-state index contributed by atoms with van der Waals surface area (Å²) in [6, 6.07) is 6.91. The molecule has 0 spiro atoms. The molecule has 1 aromatic carbocycles. The highest BCUT2D eigenvalue weighted by molar-refractivity contribution is 6.27. The lowest BCUT2D eigenvalue weighted by Gasteiger charge is -2.42. The van der Waals surface area contributed by atoms with Gasteiger partial charge in [-0.25, -0.2) is 9.59 Å². The van der Waals surface area contributed by atoms with Crippen LogP contribution in [0.15, 0.2) is 24.3 Å². The lowest BCUT2D eigenvalue weighted by Crippen LogP contribution is -2.52. The van der Waals surface area contributed by atoms with Crippen LogP contribution in [-0.2, 0) is 14.4 Å². The number of amides is 1. The molecule has 1 aliphatic carbocycles. The Morgan fingerprint density at radius 3 is 2.23 bits per heavy atom. The summed E-state index contributed by atoms with van der Waals surface area (Å²) in [6.45, 7) is 8.90. The van der Waals surface area contributed by atoms with E-state index in [1.165, 1.54) is 48.8 Å². The molecular formula is C23H32N2O5. The highest BCUT2D eigenvalue weighted by Gasteiger charge is 2.35. The standard InChI is InChI=1S/C21H30N2O.C2H2O4/c1-15-10-11-18-16(2)13-21(3,4)23(19(18)12-15)20(24)14-22-17-8-6-5-7-9-17;3-1(4)2(5)6/h10-13,17,22H,5-9,14H2,1-4H3;(H,3,4)(H,5,6). The van der Waals surface area contributed by atoms with Gasteiger partial charge in [0.15, 0.2) is 0 Å². The Kier molecular flexibility index (Phi) is 7.78. The summed E-state index contributed by atoms with van der Waals surface area (Å²) >= 11 is 0. The lowest BCUT2D eigenvalue weighted by atomic mass is 9.88. The van der Waals surface area contributed by atoms with Gasteiger partial charge in [-0.15, -0.1) is 0 Å². The first-order valence-electron chi connectivity index (χ1n) is 10.4. The van der Waals surface area contributed by atoms with Crippen LogP contribution in [0.5, 0.6) is 0 Å². The third-order valence-corrected chi connectivity index (χ3v) is 5.54. The van der Waals surface area contributed by atoms with Crippen LogP contribution in [0.3, 0.4) is 0 Å². The van der Waals surface area contributed by atoms with E-state index in [4.69, 9.17) is 19.8 Å². The van der Waals surface area contributed by atoms with Crippen LogP contribution in [0.4, 0.5) is 5.69 Å². The van der Waals surface area contributed by atoms with Gasteiger partial charge in [0.25, 0.3) is 0 Å². The number of aliphatic carboxylic acids is 2. The molecule has 7 nitrogen and oxygen atoms in total. The molecule has 1 fully saturated rings. The molecule has 0 bridgehead atoms. The summed E-state index contributed by atoms with van der Waals surface area (Å²) in [4.78, 5) is 33.3. The van der Waals surface area contributed by atoms with Crippen molar-refractivity contribution in [2.24, 2.45) is 0 Å². The largest absolute Gasteiger partial charge is 0.473 e. The maximum atomic E-state index is 13.1. The third kappa shape index (κ3) is 5.92. The van der Waals surface area contributed by atoms with Gasteiger partial charge < -0.3 is 20.4 Å².